The minimum Gasteiger partial charge on any atom is -0.481 e. The van der Waals surface area contributed by atoms with Crippen LogP contribution in [0.2, 0.25) is 0 Å². The van der Waals surface area contributed by atoms with Gasteiger partial charge in [-0.05, 0) is 33.5 Å². The van der Waals surface area contributed by atoms with Crippen molar-refractivity contribution in [3.63, 3.8) is 0 Å². The second kappa shape index (κ2) is 4.66. The predicted molar refractivity (Wildman–Crippen MR) is 63.8 cm³/mol. The molecule has 4 heteroatoms. The number of aliphatic carboxylic acids is 1. The first-order chi connectivity index (χ1) is 6.95. The Morgan fingerprint density at radius 2 is 2.07 bits per heavy atom. The highest BCUT2D eigenvalue weighted by atomic mass is 79.9. The topological polar surface area (TPSA) is 63.3 Å². The third-order valence-corrected chi connectivity index (χ3v) is 3.05. The molecule has 3 N–H and O–H groups in total. The molecule has 0 aliphatic rings. The van der Waals surface area contributed by atoms with Crippen LogP contribution in [-0.2, 0) is 4.79 Å². The first-order valence-electron chi connectivity index (χ1n) is 4.71. The van der Waals surface area contributed by atoms with Gasteiger partial charge in [-0.2, -0.15) is 0 Å². The van der Waals surface area contributed by atoms with Crippen LogP contribution >= 0.6 is 15.9 Å². The average molecular weight is 272 g/mol. The maximum atomic E-state index is 11.1. The molecule has 0 aliphatic heterocycles. The molecule has 0 aromatic heterocycles. The molecule has 1 rings (SSSR count). The summed E-state index contributed by atoms with van der Waals surface area (Å²) in [6.45, 7) is 3.75. The first kappa shape index (κ1) is 12.0. The lowest BCUT2D eigenvalue weighted by Crippen LogP contribution is -2.18. The van der Waals surface area contributed by atoms with Crippen molar-refractivity contribution in [1.29, 1.82) is 0 Å². The molecule has 1 aromatic carbocycles. The monoisotopic (exact) mass is 271 g/mol. The molecule has 1 atom stereocenters. The zero-order valence-corrected chi connectivity index (χ0v) is 10.3. The molecule has 1 unspecified atom stereocenters. The van der Waals surface area contributed by atoms with E-state index in [0.29, 0.717) is 11.3 Å². The van der Waals surface area contributed by atoms with Gasteiger partial charge in [0.2, 0.25) is 0 Å². The highest BCUT2D eigenvalue weighted by Crippen LogP contribution is 2.33. The number of carboxylic acids is 1. The van der Waals surface area contributed by atoms with Gasteiger partial charge < -0.3 is 10.8 Å². The highest BCUT2D eigenvalue weighted by molar-refractivity contribution is 9.10. The van der Waals surface area contributed by atoms with Crippen LogP contribution in [0, 0.1) is 5.92 Å². The van der Waals surface area contributed by atoms with E-state index in [1.807, 2.05) is 13.8 Å². The molecular formula is C11H14BrNO2. The van der Waals surface area contributed by atoms with Crippen LogP contribution in [0.3, 0.4) is 0 Å². The minimum absolute atomic E-state index is 0.0131. The number of nitrogens with two attached hydrogens (primary N) is 1. The van der Waals surface area contributed by atoms with E-state index in [4.69, 9.17) is 10.8 Å². The van der Waals surface area contributed by atoms with E-state index in [0.717, 1.165) is 4.47 Å². The van der Waals surface area contributed by atoms with Crippen molar-refractivity contribution < 1.29 is 9.90 Å². The van der Waals surface area contributed by atoms with Crippen molar-refractivity contribution in [1.82, 2.24) is 0 Å². The van der Waals surface area contributed by atoms with Crippen molar-refractivity contribution in [2.24, 2.45) is 5.92 Å². The number of carbonyl (C=O) groups is 1. The van der Waals surface area contributed by atoms with Gasteiger partial charge >= 0.3 is 5.97 Å². The Labute approximate surface area is 97.4 Å². The summed E-state index contributed by atoms with van der Waals surface area (Å²) < 4.78 is 0.743. The number of hydrogen-bond donors (Lipinski definition) is 2. The number of carboxylic acid groups (broad SMARTS) is 1. The molecule has 0 bridgehead atoms. The van der Waals surface area contributed by atoms with Crippen LogP contribution in [0.4, 0.5) is 5.69 Å². The Kier molecular flexibility index (Phi) is 3.74. The number of benzene rings is 1. The molecule has 3 nitrogen and oxygen atoms in total. The lowest BCUT2D eigenvalue weighted by molar-refractivity contribution is -0.139. The van der Waals surface area contributed by atoms with E-state index in [1.54, 1.807) is 18.2 Å². The summed E-state index contributed by atoms with van der Waals surface area (Å²) in [4.78, 5) is 11.1. The molecule has 0 aliphatic carbocycles. The molecule has 82 valence electrons. The highest BCUT2D eigenvalue weighted by Gasteiger charge is 2.25. The second-order valence-electron chi connectivity index (χ2n) is 3.80. The molecule has 0 saturated carbocycles. The Bertz CT molecular complexity index is 377. The molecule has 0 amide bonds. The minimum atomic E-state index is -0.838. The summed E-state index contributed by atoms with van der Waals surface area (Å²) in [5.74, 6) is -1.38. The predicted octanol–water partition coefficient (Wildman–Crippen LogP) is 2.86. The van der Waals surface area contributed by atoms with E-state index in [9.17, 15) is 4.79 Å². The molecule has 0 heterocycles. The molecule has 0 spiro atoms. The van der Waals surface area contributed by atoms with Crippen molar-refractivity contribution in [3.8, 4) is 0 Å². The van der Waals surface area contributed by atoms with Crippen molar-refractivity contribution >= 4 is 27.6 Å². The number of anilines is 1. The van der Waals surface area contributed by atoms with Crippen molar-refractivity contribution in [2.45, 2.75) is 19.8 Å². The van der Waals surface area contributed by atoms with Crippen LogP contribution in [-0.4, -0.2) is 11.1 Å². The van der Waals surface area contributed by atoms with Crippen LogP contribution in [0.5, 0.6) is 0 Å². The normalized spacial score (nSPS) is 12.8. The smallest absolute Gasteiger partial charge is 0.311 e. The van der Waals surface area contributed by atoms with E-state index < -0.39 is 11.9 Å². The third kappa shape index (κ3) is 2.50. The standard InChI is InChI=1S/C11H14BrNO2/c1-6(2)9(11(14)15)7-4-3-5-8(12)10(7)13/h3-6,9H,13H2,1-2H3,(H,14,15). The maximum Gasteiger partial charge on any atom is 0.311 e. The van der Waals surface area contributed by atoms with Crippen LogP contribution < -0.4 is 5.73 Å². The van der Waals surface area contributed by atoms with Gasteiger partial charge in [-0.3, -0.25) is 4.79 Å². The maximum absolute atomic E-state index is 11.1. The van der Waals surface area contributed by atoms with Crippen LogP contribution in [0.1, 0.15) is 25.3 Å². The van der Waals surface area contributed by atoms with Gasteiger partial charge in [0.1, 0.15) is 0 Å². The fourth-order valence-electron chi connectivity index (χ4n) is 1.60. The van der Waals surface area contributed by atoms with Gasteiger partial charge in [0, 0.05) is 10.2 Å². The quantitative estimate of drug-likeness (QED) is 0.831. The van der Waals surface area contributed by atoms with Crippen LogP contribution in [0.15, 0.2) is 22.7 Å². The summed E-state index contributed by atoms with van der Waals surface area (Å²) in [5.41, 5.74) is 7.03. The number of para-hydroxylation sites is 1. The molecule has 15 heavy (non-hydrogen) atoms. The van der Waals surface area contributed by atoms with Crippen molar-refractivity contribution in [2.75, 3.05) is 5.73 Å². The molecular weight excluding hydrogens is 258 g/mol. The second-order valence-corrected chi connectivity index (χ2v) is 4.66. The molecule has 1 aromatic rings. The Morgan fingerprint density at radius 3 is 2.53 bits per heavy atom. The van der Waals surface area contributed by atoms with E-state index in [1.165, 1.54) is 0 Å². The SMILES string of the molecule is CC(C)C(C(=O)O)c1cccc(Br)c1N. The molecule has 0 radical (unpaired) electrons. The van der Waals surface area contributed by atoms with E-state index >= 15 is 0 Å². The van der Waals surface area contributed by atoms with Gasteiger partial charge in [-0.1, -0.05) is 26.0 Å². The summed E-state index contributed by atoms with van der Waals surface area (Å²) in [5, 5.41) is 9.14. The van der Waals surface area contributed by atoms with Gasteiger partial charge in [0.25, 0.3) is 0 Å². The Hall–Kier alpha value is -1.03. The van der Waals surface area contributed by atoms with E-state index in [2.05, 4.69) is 15.9 Å². The zero-order chi connectivity index (χ0) is 11.6. The Balaban J connectivity index is 3.23. The van der Waals surface area contributed by atoms with Gasteiger partial charge in [-0.25, -0.2) is 0 Å². The largest absolute Gasteiger partial charge is 0.481 e. The third-order valence-electron chi connectivity index (χ3n) is 2.35. The van der Waals surface area contributed by atoms with E-state index in [-0.39, 0.29) is 5.92 Å². The molecule has 0 saturated heterocycles. The van der Waals surface area contributed by atoms with Gasteiger partial charge in [-0.15, -0.1) is 0 Å². The van der Waals surface area contributed by atoms with Crippen LogP contribution in [0.25, 0.3) is 0 Å². The number of rotatable bonds is 3. The number of nitrogen functional groups attached to an aromatic ring is 1. The summed E-state index contributed by atoms with van der Waals surface area (Å²) >= 11 is 3.29. The zero-order valence-electron chi connectivity index (χ0n) is 8.70. The fraction of sp³-hybridized carbons (Fsp3) is 0.364. The Morgan fingerprint density at radius 1 is 1.47 bits per heavy atom. The lowest BCUT2D eigenvalue weighted by atomic mass is 9.87. The molecule has 0 fully saturated rings. The number of halogens is 1. The van der Waals surface area contributed by atoms with Crippen molar-refractivity contribution in [3.05, 3.63) is 28.2 Å². The average Bonchev–Trinajstić information content (AvgIpc) is 2.11. The number of hydrogen-bond acceptors (Lipinski definition) is 2. The summed E-state index contributed by atoms with van der Waals surface area (Å²) in [7, 11) is 0. The fourth-order valence-corrected chi connectivity index (χ4v) is 1.98. The lowest BCUT2D eigenvalue weighted by Gasteiger charge is -2.18. The first-order valence-corrected chi connectivity index (χ1v) is 5.51. The summed E-state index contributed by atoms with van der Waals surface area (Å²) in [6.07, 6.45) is 0. The summed E-state index contributed by atoms with van der Waals surface area (Å²) in [6, 6.07) is 5.37. The van der Waals surface area contributed by atoms with Gasteiger partial charge in [0.05, 0.1) is 5.92 Å². The van der Waals surface area contributed by atoms with Gasteiger partial charge in [0.15, 0.2) is 0 Å².